The van der Waals surface area contributed by atoms with Crippen LogP contribution in [0.25, 0.3) is 0 Å². The summed E-state index contributed by atoms with van der Waals surface area (Å²) in [6, 6.07) is 2.28. The first-order valence-electron chi connectivity index (χ1n) is 6.84. The third-order valence-corrected chi connectivity index (χ3v) is 3.46. The molecule has 0 bridgehead atoms. The third-order valence-electron chi connectivity index (χ3n) is 3.46. The van der Waals surface area contributed by atoms with Gasteiger partial charge in [-0.2, -0.15) is 5.10 Å². The Morgan fingerprint density at radius 3 is 2.17 bits per heavy atom. The maximum atomic E-state index is 5.27. The summed E-state index contributed by atoms with van der Waals surface area (Å²) in [6.07, 6.45) is 0. The van der Waals surface area contributed by atoms with Gasteiger partial charge in [-0.25, -0.2) is 0 Å². The SMILES string of the molecule is CC(C)(C)c1cc(C(C)(C)C)n(CC2COC2)n1. The van der Waals surface area contributed by atoms with Crippen LogP contribution in [0.2, 0.25) is 0 Å². The van der Waals surface area contributed by atoms with Crippen LogP contribution in [-0.4, -0.2) is 23.0 Å². The fourth-order valence-electron chi connectivity index (χ4n) is 2.16. The summed E-state index contributed by atoms with van der Waals surface area (Å²) in [5, 5.41) is 4.83. The second kappa shape index (κ2) is 4.37. The Kier molecular flexibility index (Phi) is 3.30. The summed E-state index contributed by atoms with van der Waals surface area (Å²) in [6.45, 7) is 16.2. The van der Waals surface area contributed by atoms with Crippen LogP contribution in [0.5, 0.6) is 0 Å². The van der Waals surface area contributed by atoms with Gasteiger partial charge in [0.1, 0.15) is 0 Å². The Labute approximate surface area is 111 Å². The van der Waals surface area contributed by atoms with Crippen molar-refractivity contribution in [2.75, 3.05) is 13.2 Å². The largest absolute Gasteiger partial charge is 0.381 e. The van der Waals surface area contributed by atoms with Crippen LogP contribution in [0.15, 0.2) is 6.07 Å². The number of aromatic nitrogens is 2. The van der Waals surface area contributed by atoms with Crippen LogP contribution in [0.4, 0.5) is 0 Å². The lowest BCUT2D eigenvalue weighted by Crippen LogP contribution is -2.33. The highest BCUT2D eigenvalue weighted by atomic mass is 16.5. The molecule has 0 radical (unpaired) electrons. The molecule has 1 fully saturated rings. The van der Waals surface area contributed by atoms with E-state index in [-0.39, 0.29) is 10.8 Å². The molecule has 1 aliphatic rings. The molecule has 1 saturated heterocycles. The minimum Gasteiger partial charge on any atom is -0.381 e. The molecule has 0 atom stereocenters. The molecule has 18 heavy (non-hydrogen) atoms. The highest BCUT2D eigenvalue weighted by Crippen LogP contribution is 2.29. The monoisotopic (exact) mass is 250 g/mol. The van der Waals surface area contributed by atoms with Crippen molar-refractivity contribution in [3.63, 3.8) is 0 Å². The zero-order valence-electron chi connectivity index (χ0n) is 12.6. The van der Waals surface area contributed by atoms with Gasteiger partial charge in [0.25, 0.3) is 0 Å². The highest BCUT2D eigenvalue weighted by molar-refractivity contribution is 5.22. The zero-order valence-corrected chi connectivity index (χ0v) is 12.6. The van der Waals surface area contributed by atoms with Crippen molar-refractivity contribution in [2.24, 2.45) is 5.92 Å². The average molecular weight is 250 g/mol. The van der Waals surface area contributed by atoms with Crippen molar-refractivity contribution in [3.8, 4) is 0 Å². The van der Waals surface area contributed by atoms with Crippen molar-refractivity contribution in [1.29, 1.82) is 0 Å². The van der Waals surface area contributed by atoms with E-state index in [0.717, 1.165) is 19.8 Å². The maximum absolute atomic E-state index is 5.27. The molecule has 3 nitrogen and oxygen atoms in total. The lowest BCUT2D eigenvalue weighted by molar-refractivity contribution is -0.0415. The van der Waals surface area contributed by atoms with Gasteiger partial charge in [0.15, 0.2) is 0 Å². The van der Waals surface area contributed by atoms with Crippen LogP contribution in [0.1, 0.15) is 52.9 Å². The smallest absolute Gasteiger partial charge is 0.0681 e. The quantitative estimate of drug-likeness (QED) is 0.806. The molecule has 1 aliphatic heterocycles. The van der Waals surface area contributed by atoms with E-state index >= 15 is 0 Å². The van der Waals surface area contributed by atoms with Crippen LogP contribution in [-0.2, 0) is 22.1 Å². The Hall–Kier alpha value is -0.830. The van der Waals surface area contributed by atoms with Gasteiger partial charge in [-0.15, -0.1) is 0 Å². The van der Waals surface area contributed by atoms with Gasteiger partial charge in [0.2, 0.25) is 0 Å². The Balaban J connectivity index is 2.32. The summed E-state index contributed by atoms with van der Waals surface area (Å²) in [4.78, 5) is 0. The predicted molar refractivity (Wildman–Crippen MR) is 73.9 cm³/mol. The van der Waals surface area contributed by atoms with Gasteiger partial charge >= 0.3 is 0 Å². The fraction of sp³-hybridized carbons (Fsp3) is 0.800. The average Bonchev–Trinajstić information content (AvgIpc) is 2.53. The standard InChI is InChI=1S/C15H26N2O/c1-14(2,3)12-7-13(15(4,5)6)17(16-12)8-11-9-18-10-11/h7,11H,8-10H2,1-6H3. The molecular weight excluding hydrogens is 224 g/mol. The molecule has 0 spiro atoms. The fourth-order valence-corrected chi connectivity index (χ4v) is 2.16. The number of hydrogen-bond acceptors (Lipinski definition) is 2. The Bertz CT molecular complexity index is 417. The van der Waals surface area contributed by atoms with Gasteiger partial charge < -0.3 is 4.74 Å². The minimum atomic E-state index is 0.112. The molecule has 0 aliphatic carbocycles. The van der Waals surface area contributed by atoms with E-state index in [1.54, 1.807) is 0 Å². The predicted octanol–water partition coefficient (Wildman–Crippen LogP) is 3.12. The molecular formula is C15H26N2O. The van der Waals surface area contributed by atoms with Crippen molar-refractivity contribution in [3.05, 3.63) is 17.5 Å². The third kappa shape index (κ3) is 2.77. The Morgan fingerprint density at radius 2 is 1.78 bits per heavy atom. The van der Waals surface area contributed by atoms with Gasteiger partial charge in [-0.05, 0) is 6.07 Å². The van der Waals surface area contributed by atoms with Crippen molar-refractivity contribution >= 4 is 0 Å². The first kappa shape index (κ1) is 13.6. The molecule has 2 rings (SSSR count). The number of rotatable bonds is 2. The highest BCUT2D eigenvalue weighted by Gasteiger charge is 2.28. The molecule has 1 aromatic rings. The molecule has 1 aromatic heterocycles. The van der Waals surface area contributed by atoms with Crippen molar-refractivity contribution in [1.82, 2.24) is 9.78 Å². The molecule has 0 saturated carbocycles. The van der Waals surface area contributed by atoms with E-state index in [0.29, 0.717) is 5.92 Å². The van der Waals surface area contributed by atoms with Crippen LogP contribution < -0.4 is 0 Å². The van der Waals surface area contributed by atoms with Gasteiger partial charge in [0.05, 0.1) is 18.9 Å². The second-order valence-corrected chi connectivity index (χ2v) is 7.50. The van der Waals surface area contributed by atoms with Gasteiger partial charge in [-0.1, -0.05) is 41.5 Å². The molecule has 0 unspecified atom stereocenters. The van der Waals surface area contributed by atoms with E-state index in [1.807, 2.05) is 0 Å². The van der Waals surface area contributed by atoms with Gasteiger partial charge in [0, 0.05) is 29.0 Å². The van der Waals surface area contributed by atoms with E-state index < -0.39 is 0 Å². The van der Waals surface area contributed by atoms with E-state index in [9.17, 15) is 0 Å². The molecule has 2 heterocycles. The molecule has 102 valence electrons. The van der Waals surface area contributed by atoms with Crippen LogP contribution in [0, 0.1) is 5.92 Å². The number of nitrogens with zero attached hydrogens (tertiary/aromatic N) is 2. The molecule has 3 heteroatoms. The first-order valence-corrected chi connectivity index (χ1v) is 6.84. The molecule has 0 aromatic carbocycles. The number of hydrogen-bond donors (Lipinski definition) is 0. The summed E-state index contributed by atoms with van der Waals surface area (Å²) in [5.41, 5.74) is 2.77. The zero-order chi connectivity index (χ0) is 13.6. The molecule has 0 N–H and O–H groups in total. The normalized spacial score (nSPS) is 17.9. The van der Waals surface area contributed by atoms with Gasteiger partial charge in [-0.3, -0.25) is 4.68 Å². The van der Waals surface area contributed by atoms with E-state index in [4.69, 9.17) is 9.84 Å². The second-order valence-electron chi connectivity index (χ2n) is 7.50. The van der Waals surface area contributed by atoms with E-state index in [2.05, 4.69) is 52.3 Å². The maximum Gasteiger partial charge on any atom is 0.0681 e. The summed E-state index contributed by atoms with van der Waals surface area (Å²) in [5.74, 6) is 0.638. The molecule has 0 amide bonds. The minimum absolute atomic E-state index is 0.112. The summed E-state index contributed by atoms with van der Waals surface area (Å²) < 4.78 is 7.47. The Morgan fingerprint density at radius 1 is 1.17 bits per heavy atom. The van der Waals surface area contributed by atoms with Crippen LogP contribution >= 0.6 is 0 Å². The first-order chi connectivity index (χ1) is 8.18. The van der Waals surface area contributed by atoms with E-state index in [1.165, 1.54) is 11.4 Å². The lowest BCUT2D eigenvalue weighted by atomic mass is 9.88. The summed E-state index contributed by atoms with van der Waals surface area (Å²) in [7, 11) is 0. The topological polar surface area (TPSA) is 27.1 Å². The summed E-state index contributed by atoms with van der Waals surface area (Å²) >= 11 is 0. The lowest BCUT2D eigenvalue weighted by Gasteiger charge is -2.28. The number of ether oxygens (including phenoxy) is 1. The van der Waals surface area contributed by atoms with Crippen molar-refractivity contribution < 1.29 is 4.74 Å². The van der Waals surface area contributed by atoms with Crippen molar-refractivity contribution in [2.45, 2.75) is 58.9 Å². The van der Waals surface area contributed by atoms with Crippen LogP contribution in [0.3, 0.4) is 0 Å².